The lowest BCUT2D eigenvalue weighted by Crippen LogP contribution is -2.38. The fourth-order valence-electron chi connectivity index (χ4n) is 2.52. The van der Waals surface area contributed by atoms with E-state index in [1.165, 1.54) is 0 Å². The quantitative estimate of drug-likeness (QED) is 0.725. The van der Waals surface area contributed by atoms with E-state index in [9.17, 15) is 4.79 Å². The molecule has 1 N–H and O–H groups in total. The van der Waals surface area contributed by atoms with Crippen LogP contribution in [-0.4, -0.2) is 23.3 Å². The van der Waals surface area contributed by atoms with E-state index in [-0.39, 0.29) is 18.6 Å². The zero-order chi connectivity index (χ0) is 12.8. The summed E-state index contributed by atoms with van der Waals surface area (Å²) in [6, 6.07) is 0. The minimum atomic E-state index is -0.718. The Hall–Kier alpha value is -0.830. The lowest BCUT2D eigenvalue weighted by molar-refractivity contribution is -0.137. The fraction of sp³-hybridized carbons (Fsp3) is 0.786. The average Bonchev–Trinajstić information content (AvgIpc) is 2.25. The van der Waals surface area contributed by atoms with E-state index in [1.54, 1.807) is 0 Å². The van der Waals surface area contributed by atoms with Crippen LogP contribution in [-0.2, 0) is 9.53 Å². The van der Waals surface area contributed by atoms with Crippen molar-refractivity contribution in [2.24, 2.45) is 11.8 Å². The number of aliphatic carboxylic acids is 1. The summed E-state index contributed by atoms with van der Waals surface area (Å²) in [7, 11) is 0. The Morgan fingerprint density at radius 2 is 2.24 bits per heavy atom. The normalized spacial score (nSPS) is 33.3. The smallest absolute Gasteiger partial charge is 0.303 e. The highest BCUT2D eigenvalue weighted by atomic mass is 16.5. The van der Waals surface area contributed by atoms with Crippen LogP contribution in [0.15, 0.2) is 12.7 Å². The van der Waals surface area contributed by atoms with Gasteiger partial charge >= 0.3 is 5.97 Å². The van der Waals surface area contributed by atoms with Crippen molar-refractivity contribution in [3.8, 4) is 0 Å². The lowest BCUT2D eigenvalue weighted by atomic mass is 9.81. The molecule has 1 rings (SSSR count). The van der Waals surface area contributed by atoms with Gasteiger partial charge in [0.2, 0.25) is 0 Å². The Bertz CT molecular complexity index is 262. The zero-order valence-electron chi connectivity index (χ0n) is 10.9. The molecule has 0 aromatic rings. The van der Waals surface area contributed by atoms with Gasteiger partial charge in [0.1, 0.15) is 0 Å². The Balaban J connectivity index is 2.40. The van der Waals surface area contributed by atoms with Gasteiger partial charge in [-0.1, -0.05) is 19.9 Å². The lowest BCUT2D eigenvalue weighted by Gasteiger charge is -2.39. The maximum absolute atomic E-state index is 10.5. The van der Waals surface area contributed by atoms with Crippen molar-refractivity contribution >= 4 is 5.97 Å². The maximum atomic E-state index is 10.5. The Labute approximate surface area is 104 Å². The molecule has 0 aromatic heterocycles. The Morgan fingerprint density at radius 3 is 2.82 bits per heavy atom. The molecule has 0 spiro atoms. The Kier molecular flexibility index (Phi) is 5.69. The first-order chi connectivity index (χ1) is 8.04. The molecule has 0 bridgehead atoms. The third kappa shape index (κ3) is 4.50. The number of ether oxygens (including phenoxy) is 1. The zero-order valence-corrected chi connectivity index (χ0v) is 10.9. The maximum Gasteiger partial charge on any atom is 0.303 e. The summed E-state index contributed by atoms with van der Waals surface area (Å²) >= 11 is 0. The molecule has 1 saturated heterocycles. The summed E-state index contributed by atoms with van der Waals surface area (Å²) in [6.07, 6.45) is 6.15. The molecule has 1 heterocycles. The number of hydrogen-bond acceptors (Lipinski definition) is 2. The number of carboxylic acid groups (broad SMARTS) is 1. The first-order valence-corrected chi connectivity index (χ1v) is 6.52. The van der Waals surface area contributed by atoms with E-state index in [1.807, 2.05) is 6.08 Å². The van der Waals surface area contributed by atoms with Gasteiger partial charge in [-0.15, -0.1) is 6.58 Å². The minimum absolute atomic E-state index is 0.227. The number of rotatable bonds is 6. The fourth-order valence-corrected chi connectivity index (χ4v) is 2.52. The van der Waals surface area contributed by atoms with E-state index in [0.29, 0.717) is 18.3 Å². The molecular weight excluding hydrogens is 216 g/mol. The highest BCUT2D eigenvalue weighted by Gasteiger charge is 2.32. The topological polar surface area (TPSA) is 46.5 Å². The SMILES string of the molecule is C=CCC1OC(CCCC(=O)O)CC(C)C1C. The van der Waals surface area contributed by atoms with Crippen LogP contribution in [0.5, 0.6) is 0 Å². The van der Waals surface area contributed by atoms with Gasteiger partial charge in [-0.3, -0.25) is 4.79 Å². The number of carboxylic acids is 1. The molecule has 98 valence electrons. The molecule has 3 heteroatoms. The molecule has 1 fully saturated rings. The summed E-state index contributed by atoms with van der Waals surface area (Å²) in [4.78, 5) is 10.5. The van der Waals surface area contributed by atoms with E-state index in [4.69, 9.17) is 9.84 Å². The van der Waals surface area contributed by atoms with Crippen LogP contribution < -0.4 is 0 Å². The van der Waals surface area contributed by atoms with Crippen molar-refractivity contribution in [2.75, 3.05) is 0 Å². The highest BCUT2D eigenvalue weighted by molar-refractivity contribution is 5.66. The first kappa shape index (κ1) is 14.2. The standard InChI is InChI=1S/C14H24O3/c1-4-6-13-11(3)10(2)9-12(17-13)7-5-8-14(15)16/h4,10-13H,1,5-9H2,2-3H3,(H,15,16). The second kappa shape index (κ2) is 6.80. The van der Waals surface area contributed by atoms with Crippen molar-refractivity contribution < 1.29 is 14.6 Å². The van der Waals surface area contributed by atoms with Gasteiger partial charge < -0.3 is 9.84 Å². The summed E-state index contributed by atoms with van der Waals surface area (Å²) in [6.45, 7) is 8.25. The van der Waals surface area contributed by atoms with Gasteiger partial charge in [0.05, 0.1) is 12.2 Å². The van der Waals surface area contributed by atoms with Gasteiger partial charge in [-0.05, 0) is 37.5 Å². The predicted octanol–water partition coefficient (Wildman–Crippen LogP) is 3.25. The third-order valence-electron chi connectivity index (χ3n) is 3.80. The molecule has 1 aliphatic heterocycles. The Morgan fingerprint density at radius 1 is 1.53 bits per heavy atom. The van der Waals surface area contributed by atoms with Crippen LogP contribution >= 0.6 is 0 Å². The molecule has 1 aliphatic rings. The van der Waals surface area contributed by atoms with Gasteiger partial charge in [-0.25, -0.2) is 0 Å². The van der Waals surface area contributed by atoms with E-state index >= 15 is 0 Å². The molecular formula is C14H24O3. The van der Waals surface area contributed by atoms with Crippen LogP contribution in [0.3, 0.4) is 0 Å². The largest absolute Gasteiger partial charge is 0.481 e. The van der Waals surface area contributed by atoms with Crippen LogP contribution in [0, 0.1) is 11.8 Å². The first-order valence-electron chi connectivity index (χ1n) is 6.52. The summed E-state index contributed by atoms with van der Waals surface area (Å²) in [5.74, 6) is 0.483. The highest BCUT2D eigenvalue weighted by Crippen LogP contribution is 2.33. The van der Waals surface area contributed by atoms with Gasteiger partial charge in [0.25, 0.3) is 0 Å². The van der Waals surface area contributed by atoms with Gasteiger partial charge in [0.15, 0.2) is 0 Å². The van der Waals surface area contributed by atoms with Crippen molar-refractivity contribution in [1.82, 2.24) is 0 Å². The van der Waals surface area contributed by atoms with Crippen molar-refractivity contribution in [3.63, 3.8) is 0 Å². The molecule has 17 heavy (non-hydrogen) atoms. The molecule has 0 aliphatic carbocycles. The predicted molar refractivity (Wildman–Crippen MR) is 67.9 cm³/mol. The second-order valence-electron chi connectivity index (χ2n) is 5.18. The third-order valence-corrected chi connectivity index (χ3v) is 3.80. The van der Waals surface area contributed by atoms with E-state index in [0.717, 1.165) is 19.3 Å². The summed E-state index contributed by atoms with van der Waals surface area (Å²) in [5, 5.41) is 8.62. The summed E-state index contributed by atoms with van der Waals surface area (Å²) in [5.41, 5.74) is 0. The molecule has 0 aromatic carbocycles. The van der Waals surface area contributed by atoms with Gasteiger partial charge in [0, 0.05) is 6.42 Å². The van der Waals surface area contributed by atoms with Gasteiger partial charge in [-0.2, -0.15) is 0 Å². The van der Waals surface area contributed by atoms with Crippen molar-refractivity contribution in [2.45, 2.75) is 58.2 Å². The van der Waals surface area contributed by atoms with E-state index in [2.05, 4.69) is 20.4 Å². The van der Waals surface area contributed by atoms with Crippen LogP contribution in [0.4, 0.5) is 0 Å². The minimum Gasteiger partial charge on any atom is -0.481 e. The molecule has 4 unspecified atom stereocenters. The monoisotopic (exact) mass is 240 g/mol. The molecule has 4 atom stereocenters. The van der Waals surface area contributed by atoms with Crippen molar-refractivity contribution in [1.29, 1.82) is 0 Å². The van der Waals surface area contributed by atoms with E-state index < -0.39 is 5.97 Å². The summed E-state index contributed by atoms with van der Waals surface area (Å²) < 4.78 is 6.03. The second-order valence-corrected chi connectivity index (χ2v) is 5.18. The molecule has 0 amide bonds. The number of hydrogen-bond donors (Lipinski definition) is 1. The van der Waals surface area contributed by atoms with Crippen LogP contribution in [0.2, 0.25) is 0 Å². The molecule has 0 radical (unpaired) electrons. The van der Waals surface area contributed by atoms with Crippen molar-refractivity contribution in [3.05, 3.63) is 12.7 Å². The average molecular weight is 240 g/mol. The van der Waals surface area contributed by atoms with Crippen LogP contribution in [0.25, 0.3) is 0 Å². The number of carbonyl (C=O) groups is 1. The molecule has 0 saturated carbocycles. The molecule has 3 nitrogen and oxygen atoms in total. The van der Waals surface area contributed by atoms with Crippen LogP contribution in [0.1, 0.15) is 46.0 Å².